The summed E-state index contributed by atoms with van der Waals surface area (Å²) in [5.74, 6) is -0.202. The maximum absolute atomic E-state index is 13.7. The molecule has 2 aromatic heterocycles. The van der Waals surface area contributed by atoms with E-state index in [2.05, 4.69) is 33.7 Å². The van der Waals surface area contributed by atoms with E-state index >= 15 is 0 Å². The topological polar surface area (TPSA) is 95.5 Å². The van der Waals surface area contributed by atoms with Crippen LogP contribution in [0.2, 0.25) is 0 Å². The number of nitrogens with one attached hydrogen (secondary N) is 1. The number of carbonyl (C=O) groups is 1. The van der Waals surface area contributed by atoms with E-state index in [0.29, 0.717) is 30.7 Å². The summed E-state index contributed by atoms with van der Waals surface area (Å²) in [4.78, 5) is 26.9. The van der Waals surface area contributed by atoms with Crippen molar-refractivity contribution < 1.29 is 13.2 Å². The minimum atomic E-state index is -3.99. The van der Waals surface area contributed by atoms with Gasteiger partial charge in [0.25, 0.3) is 15.9 Å². The van der Waals surface area contributed by atoms with Crippen LogP contribution in [0.5, 0.6) is 0 Å². The highest BCUT2D eigenvalue weighted by Gasteiger charge is 2.26. The molecule has 6 rings (SSSR count). The summed E-state index contributed by atoms with van der Waals surface area (Å²) < 4.78 is 30.7. The van der Waals surface area contributed by atoms with Crippen molar-refractivity contribution in [2.75, 3.05) is 35.8 Å². The van der Waals surface area contributed by atoms with E-state index in [-0.39, 0.29) is 16.5 Å². The number of aryl methyl sites for hydroxylation is 1. The number of amides is 1. The van der Waals surface area contributed by atoms with Crippen LogP contribution in [0.3, 0.4) is 0 Å². The predicted molar refractivity (Wildman–Crippen MR) is 156 cm³/mol. The Bertz CT molecular complexity index is 1800. The lowest BCUT2D eigenvalue weighted by Crippen LogP contribution is -2.35. The number of fused-ring (bicyclic) bond motifs is 2. The van der Waals surface area contributed by atoms with Crippen molar-refractivity contribution in [1.29, 1.82) is 0 Å². The smallest absolute Gasteiger partial charge is 0.264 e. The van der Waals surface area contributed by atoms with Crippen molar-refractivity contribution in [3.63, 3.8) is 0 Å². The lowest BCUT2D eigenvalue weighted by Gasteiger charge is -2.23. The SMILES string of the molecule is Cc1cccc2sc(N3CCCN(C(=O)c4ccccc4NS(=O)(=O)c4cccc5cccnc45)CC3)nc12. The van der Waals surface area contributed by atoms with E-state index in [1.165, 1.54) is 6.07 Å². The number of anilines is 2. The molecule has 0 aliphatic carbocycles. The van der Waals surface area contributed by atoms with Crippen LogP contribution in [-0.4, -0.2) is 55.4 Å². The Hall–Kier alpha value is -4.02. The number of aromatic nitrogens is 2. The summed E-state index contributed by atoms with van der Waals surface area (Å²) in [7, 11) is -3.99. The van der Waals surface area contributed by atoms with E-state index in [9.17, 15) is 13.2 Å². The Morgan fingerprint density at radius 1 is 0.897 bits per heavy atom. The highest BCUT2D eigenvalue weighted by Crippen LogP contribution is 2.31. The number of benzene rings is 3. The van der Waals surface area contributed by atoms with Gasteiger partial charge in [-0.3, -0.25) is 14.5 Å². The number of carbonyl (C=O) groups excluding carboxylic acids is 1. The van der Waals surface area contributed by atoms with Crippen LogP contribution in [0.1, 0.15) is 22.3 Å². The molecule has 5 aromatic rings. The molecule has 1 amide bonds. The number of para-hydroxylation sites is 3. The van der Waals surface area contributed by atoms with E-state index in [0.717, 1.165) is 39.3 Å². The molecular formula is C29H27N5O3S2. The third-order valence-electron chi connectivity index (χ3n) is 6.95. The van der Waals surface area contributed by atoms with Crippen molar-refractivity contribution in [1.82, 2.24) is 14.9 Å². The zero-order valence-electron chi connectivity index (χ0n) is 21.4. The van der Waals surface area contributed by atoms with Crippen molar-refractivity contribution in [3.8, 4) is 0 Å². The first-order valence-electron chi connectivity index (χ1n) is 12.8. The highest BCUT2D eigenvalue weighted by molar-refractivity contribution is 7.93. The van der Waals surface area contributed by atoms with E-state index in [1.54, 1.807) is 58.8 Å². The fourth-order valence-corrected chi connectivity index (χ4v) is 7.30. The molecule has 1 aliphatic heterocycles. The molecule has 3 heterocycles. The molecule has 0 saturated carbocycles. The Morgan fingerprint density at radius 2 is 1.72 bits per heavy atom. The molecule has 0 radical (unpaired) electrons. The maximum atomic E-state index is 13.7. The van der Waals surface area contributed by atoms with Gasteiger partial charge in [-0.25, -0.2) is 13.4 Å². The highest BCUT2D eigenvalue weighted by atomic mass is 32.2. The summed E-state index contributed by atoms with van der Waals surface area (Å²) in [6, 6.07) is 21.6. The van der Waals surface area contributed by atoms with Crippen molar-refractivity contribution in [2.24, 2.45) is 0 Å². The molecule has 0 unspecified atom stereocenters. The van der Waals surface area contributed by atoms with Gasteiger partial charge >= 0.3 is 0 Å². The monoisotopic (exact) mass is 557 g/mol. The second kappa shape index (κ2) is 10.3. The fraction of sp³-hybridized carbons (Fsp3) is 0.207. The van der Waals surface area contributed by atoms with Gasteiger partial charge < -0.3 is 9.80 Å². The molecule has 3 aromatic carbocycles. The van der Waals surface area contributed by atoms with Crippen molar-refractivity contribution in [2.45, 2.75) is 18.2 Å². The van der Waals surface area contributed by atoms with Gasteiger partial charge in [0.05, 0.1) is 27.0 Å². The first kappa shape index (κ1) is 25.3. The van der Waals surface area contributed by atoms with Crippen LogP contribution in [0.4, 0.5) is 10.8 Å². The first-order chi connectivity index (χ1) is 18.9. The van der Waals surface area contributed by atoms with Crippen molar-refractivity contribution in [3.05, 3.63) is 90.1 Å². The Labute approximate surface area is 231 Å². The third-order valence-corrected chi connectivity index (χ3v) is 9.43. The lowest BCUT2D eigenvalue weighted by molar-refractivity contribution is 0.0768. The number of hydrogen-bond donors (Lipinski definition) is 1. The molecule has 1 aliphatic rings. The zero-order chi connectivity index (χ0) is 27.0. The summed E-state index contributed by atoms with van der Waals surface area (Å²) in [5, 5.41) is 1.69. The van der Waals surface area contributed by atoms with Gasteiger partial charge in [-0.05, 0) is 49.2 Å². The summed E-state index contributed by atoms with van der Waals surface area (Å²) in [6.07, 6.45) is 2.35. The standard InChI is InChI=1S/C29H27N5O3S2/c1-20-8-4-13-24-26(20)31-29(38-24)34-17-7-16-33(18-19-34)28(35)22-11-2-3-12-23(22)32-39(36,37)25-14-5-9-21-10-6-15-30-27(21)25/h2-6,8-15,32H,7,16-19H2,1H3. The molecule has 10 heteroatoms. The molecule has 0 bridgehead atoms. The average molecular weight is 558 g/mol. The van der Waals surface area contributed by atoms with Crippen LogP contribution >= 0.6 is 11.3 Å². The summed E-state index contributed by atoms with van der Waals surface area (Å²) in [6.45, 7) is 4.61. The fourth-order valence-electron chi connectivity index (χ4n) is 4.94. The van der Waals surface area contributed by atoms with Gasteiger partial charge in [0.15, 0.2) is 5.13 Å². The Morgan fingerprint density at radius 3 is 2.59 bits per heavy atom. The Balaban J connectivity index is 1.23. The summed E-state index contributed by atoms with van der Waals surface area (Å²) in [5.41, 5.74) is 3.13. The third kappa shape index (κ3) is 4.93. The van der Waals surface area contributed by atoms with Gasteiger partial charge in [0, 0.05) is 37.8 Å². The van der Waals surface area contributed by atoms with E-state index in [4.69, 9.17) is 4.98 Å². The number of nitrogens with zero attached hydrogens (tertiary/aromatic N) is 4. The van der Waals surface area contributed by atoms with Gasteiger partial charge in [-0.2, -0.15) is 0 Å². The van der Waals surface area contributed by atoms with E-state index < -0.39 is 10.0 Å². The van der Waals surface area contributed by atoms with Crippen LogP contribution < -0.4 is 9.62 Å². The number of sulfonamides is 1. The molecule has 0 spiro atoms. The minimum absolute atomic E-state index is 0.0688. The number of hydrogen-bond acceptors (Lipinski definition) is 7. The van der Waals surface area contributed by atoms with Crippen LogP contribution in [0.25, 0.3) is 21.1 Å². The number of pyridine rings is 1. The molecule has 8 nitrogen and oxygen atoms in total. The largest absolute Gasteiger partial charge is 0.346 e. The minimum Gasteiger partial charge on any atom is -0.346 e. The predicted octanol–water partition coefficient (Wildman–Crippen LogP) is 5.31. The molecule has 198 valence electrons. The van der Waals surface area contributed by atoms with Crippen molar-refractivity contribution >= 4 is 59.2 Å². The quantitative estimate of drug-likeness (QED) is 0.315. The molecular weight excluding hydrogens is 530 g/mol. The Kier molecular flexibility index (Phi) is 6.66. The van der Waals surface area contributed by atoms with E-state index in [1.807, 2.05) is 18.2 Å². The molecule has 39 heavy (non-hydrogen) atoms. The summed E-state index contributed by atoms with van der Waals surface area (Å²) >= 11 is 1.67. The van der Waals surface area contributed by atoms with Gasteiger partial charge in [-0.15, -0.1) is 0 Å². The number of thiazole rings is 1. The van der Waals surface area contributed by atoms with Crippen LogP contribution in [0.15, 0.2) is 83.9 Å². The first-order valence-corrected chi connectivity index (χ1v) is 15.1. The van der Waals surface area contributed by atoms with Gasteiger partial charge in [0.2, 0.25) is 0 Å². The molecule has 1 fully saturated rings. The zero-order valence-corrected chi connectivity index (χ0v) is 23.0. The number of rotatable bonds is 5. The van der Waals surface area contributed by atoms with Crippen LogP contribution in [0, 0.1) is 6.92 Å². The average Bonchev–Trinajstić information content (AvgIpc) is 3.24. The maximum Gasteiger partial charge on any atom is 0.264 e. The van der Waals surface area contributed by atoms with Gasteiger partial charge in [0.1, 0.15) is 4.90 Å². The normalized spacial score (nSPS) is 14.5. The molecule has 0 atom stereocenters. The molecule has 1 N–H and O–H groups in total. The lowest BCUT2D eigenvalue weighted by atomic mass is 10.1. The molecule has 1 saturated heterocycles. The second-order valence-corrected chi connectivity index (χ2v) is 12.2. The van der Waals surface area contributed by atoms with Gasteiger partial charge in [-0.1, -0.05) is 53.8 Å². The van der Waals surface area contributed by atoms with Crippen LogP contribution in [-0.2, 0) is 10.0 Å². The second-order valence-electron chi connectivity index (χ2n) is 9.53.